The van der Waals surface area contributed by atoms with Crippen molar-refractivity contribution in [3.05, 3.63) is 72.9 Å². The van der Waals surface area contributed by atoms with Crippen molar-refractivity contribution in [2.75, 3.05) is 13.2 Å². The zero-order valence-corrected chi connectivity index (χ0v) is 41.1. The van der Waals surface area contributed by atoms with E-state index in [4.69, 9.17) is 28.3 Å². The van der Waals surface area contributed by atoms with E-state index in [1.54, 1.807) is 36.5 Å². The lowest BCUT2D eigenvalue weighted by Crippen LogP contribution is -2.64. The quantitative estimate of drug-likeness (QED) is 0.0101. The van der Waals surface area contributed by atoms with Crippen molar-refractivity contribution in [1.82, 2.24) is 0 Å². The third-order valence-corrected chi connectivity index (χ3v) is 12.0. The fraction of sp³-hybridized carbons (Fsp3) is 0.702. The molecule has 0 spiro atoms. The van der Waals surface area contributed by atoms with Crippen LogP contribution in [0, 0.1) is 0 Å². The number of ether oxygens (including phenoxy) is 2. The molecular formula is C47H80O18P2. The molecule has 1 aliphatic carbocycles. The number of carbonyl (C=O) groups excluding carboxylic acids is 2. The van der Waals surface area contributed by atoms with Gasteiger partial charge in [-0.15, -0.1) is 0 Å². The molecule has 0 aliphatic heterocycles. The van der Waals surface area contributed by atoms with E-state index in [9.17, 15) is 54.3 Å². The van der Waals surface area contributed by atoms with Crippen LogP contribution in [0.1, 0.15) is 142 Å². The average molecular weight is 995 g/mol. The first-order valence-corrected chi connectivity index (χ1v) is 26.7. The molecule has 0 heterocycles. The van der Waals surface area contributed by atoms with E-state index < -0.39 is 95.7 Å². The smallest absolute Gasteiger partial charge is 0.462 e. The van der Waals surface area contributed by atoms with Gasteiger partial charge in [0.15, 0.2) is 6.10 Å². The standard InChI is InChI=1S/C47H80O18P2/c1-3-5-7-8-9-10-11-12-13-14-18-21-27-33-40(50)61-35-39(36-62-67(59,60)65-47-44(54)42(52)43(53)46(45(47)55)64-66(56,57)58)63-41(51)34-28-22-26-32-38(49)31-25-20-17-15-16-19-24-30-37(48)29-23-6-4-2/h6,16-17,19-20,23-26,30-32,37-39,42-49,52-55H,3-5,7-15,18,21-22,27-29,33-36H2,1-2H3,(H,59,60)(H2,56,57,58)/b19-16-,20-17-,23-6-,30-24+,31-25+,32-26-/t37-,38-,39+,42?,43?,44?,45?,46+,47-/m0/s1. The largest absolute Gasteiger partial charge is 0.472 e. The van der Waals surface area contributed by atoms with Crippen LogP contribution in [0.15, 0.2) is 72.9 Å². The monoisotopic (exact) mass is 994 g/mol. The van der Waals surface area contributed by atoms with Crippen LogP contribution in [-0.4, -0.2) is 125 Å². The summed E-state index contributed by atoms with van der Waals surface area (Å²) in [5.41, 5.74) is 0. The van der Waals surface area contributed by atoms with E-state index in [0.29, 0.717) is 25.7 Å². The predicted octanol–water partition coefficient (Wildman–Crippen LogP) is 6.78. The number of phosphoric acid groups is 2. The topological polar surface area (TPSA) is 296 Å². The van der Waals surface area contributed by atoms with E-state index in [2.05, 4.69) is 11.4 Å². The summed E-state index contributed by atoms with van der Waals surface area (Å²) in [4.78, 5) is 54.2. The fourth-order valence-corrected chi connectivity index (χ4v) is 8.30. The third-order valence-electron chi connectivity index (χ3n) is 10.5. The third kappa shape index (κ3) is 32.0. The van der Waals surface area contributed by atoms with Gasteiger partial charge in [0.2, 0.25) is 0 Å². The van der Waals surface area contributed by atoms with Crippen LogP contribution in [0.3, 0.4) is 0 Å². The van der Waals surface area contributed by atoms with E-state index in [1.165, 1.54) is 57.4 Å². The van der Waals surface area contributed by atoms with Gasteiger partial charge < -0.3 is 54.8 Å². The SMILES string of the molecule is CC/C=C\C[C@H](O)/C=C/C=C\C/C=C\C=C\[C@H](O)/C=C\CCCC(=O)O[C@H](COC(=O)CCCCCCCCCCCCCCC)COP(=O)(O)O[C@H]1C(O)C(O)C(O)[C@@H](OP(=O)(O)O)C1O. The predicted molar refractivity (Wildman–Crippen MR) is 253 cm³/mol. The van der Waals surface area contributed by atoms with Gasteiger partial charge in [0, 0.05) is 12.8 Å². The van der Waals surface area contributed by atoms with E-state index in [-0.39, 0.29) is 19.3 Å². The van der Waals surface area contributed by atoms with Gasteiger partial charge in [-0.1, -0.05) is 164 Å². The molecule has 10 atom stereocenters. The van der Waals surface area contributed by atoms with Crippen molar-refractivity contribution in [3.63, 3.8) is 0 Å². The Morgan fingerprint density at radius 2 is 1.13 bits per heavy atom. The summed E-state index contributed by atoms with van der Waals surface area (Å²) in [6.45, 7) is 2.75. The summed E-state index contributed by atoms with van der Waals surface area (Å²) in [5, 5.41) is 61.3. The van der Waals surface area contributed by atoms with Crippen LogP contribution < -0.4 is 0 Å². The van der Waals surface area contributed by atoms with Gasteiger partial charge in [0.25, 0.3) is 0 Å². The van der Waals surface area contributed by atoms with Crippen LogP contribution in [-0.2, 0) is 41.8 Å². The second-order valence-corrected chi connectivity index (χ2v) is 19.1. The molecule has 0 aromatic heterocycles. The Balaban J connectivity index is 2.71. The molecule has 386 valence electrons. The molecule has 9 N–H and O–H groups in total. The van der Waals surface area contributed by atoms with Crippen molar-refractivity contribution in [2.24, 2.45) is 0 Å². The molecule has 1 fully saturated rings. The van der Waals surface area contributed by atoms with Crippen LogP contribution in [0.4, 0.5) is 0 Å². The van der Waals surface area contributed by atoms with Gasteiger partial charge in [-0.25, -0.2) is 9.13 Å². The lowest BCUT2D eigenvalue weighted by molar-refractivity contribution is -0.216. The van der Waals surface area contributed by atoms with Gasteiger partial charge in [-0.05, 0) is 38.5 Å². The zero-order valence-electron chi connectivity index (χ0n) is 39.3. The Hall–Kier alpha value is -2.64. The minimum Gasteiger partial charge on any atom is -0.462 e. The molecule has 18 nitrogen and oxygen atoms in total. The van der Waals surface area contributed by atoms with Gasteiger partial charge in [-0.2, -0.15) is 0 Å². The molecule has 20 heteroatoms. The molecule has 1 saturated carbocycles. The van der Waals surface area contributed by atoms with Gasteiger partial charge in [0.05, 0.1) is 18.8 Å². The number of aliphatic hydroxyl groups excluding tert-OH is 6. The van der Waals surface area contributed by atoms with Crippen molar-refractivity contribution >= 4 is 27.6 Å². The lowest BCUT2D eigenvalue weighted by Gasteiger charge is -2.43. The van der Waals surface area contributed by atoms with Gasteiger partial charge in [-0.3, -0.25) is 23.2 Å². The molecule has 0 amide bonds. The summed E-state index contributed by atoms with van der Waals surface area (Å²) in [7, 11) is -10.8. The minimum absolute atomic E-state index is 0.0768. The maximum atomic E-state index is 13.0. The highest BCUT2D eigenvalue weighted by Crippen LogP contribution is 2.49. The lowest BCUT2D eigenvalue weighted by atomic mass is 9.85. The Kier molecular flexibility index (Phi) is 34.7. The van der Waals surface area contributed by atoms with Crippen LogP contribution in [0.2, 0.25) is 0 Å². The first-order chi connectivity index (χ1) is 31.9. The maximum Gasteiger partial charge on any atom is 0.472 e. The van der Waals surface area contributed by atoms with Crippen LogP contribution in [0.5, 0.6) is 0 Å². The molecule has 5 unspecified atom stereocenters. The summed E-state index contributed by atoms with van der Waals surface area (Å²) in [6, 6.07) is 0. The Bertz CT molecular complexity index is 1610. The first-order valence-electron chi connectivity index (χ1n) is 23.7. The number of aliphatic hydroxyl groups is 6. The normalized spacial score (nSPS) is 23.0. The van der Waals surface area contributed by atoms with Crippen molar-refractivity contribution < 1.29 is 87.1 Å². The highest BCUT2D eigenvalue weighted by Gasteiger charge is 2.54. The minimum atomic E-state index is -5.39. The Labute approximate surface area is 397 Å². The molecule has 0 bridgehead atoms. The average Bonchev–Trinajstić information content (AvgIpc) is 3.27. The molecule has 0 aromatic rings. The first kappa shape index (κ1) is 62.4. The zero-order chi connectivity index (χ0) is 49.9. The number of esters is 2. The number of carbonyl (C=O) groups is 2. The van der Waals surface area contributed by atoms with Crippen LogP contribution >= 0.6 is 15.6 Å². The molecular weight excluding hydrogens is 914 g/mol. The van der Waals surface area contributed by atoms with Crippen molar-refractivity contribution in [2.45, 2.75) is 197 Å². The molecule has 0 radical (unpaired) electrons. The molecule has 1 rings (SSSR count). The highest BCUT2D eigenvalue weighted by atomic mass is 31.2. The van der Waals surface area contributed by atoms with Gasteiger partial charge in [0.1, 0.15) is 43.2 Å². The number of hydrogen-bond donors (Lipinski definition) is 9. The summed E-state index contributed by atoms with van der Waals surface area (Å²) in [5.74, 6) is -1.39. The maximum absolute atomic E-state index is 13.0. The van der Waals surface area contributed by atoms with Crippen molar-refractivity contribution in [3.8, 4) is 0 Å². The molecule has 0 saturated heterocycles. The van der Waals surface area contributed by atoms with E-state index in [1.807, 2.05) is 37.3 Å². The Morgan fingerprint density at radius 1 is 0.582 bits per heavy atom. The molecule has 1 aliphatic rings. The number of hydrogen-bond acceptors (Lipinski definition) is 15. The van der Waals surface area contributed by atoms with Gasteiger partial charge >= 0.3 is 27.6 Å². The molecule has 67 heavy (non-hydrogen) atoms. The van der Waals surface area contributed by atoms with E-state index >= 15 is 0 Å². The van der Waals surface area contributed by atoms with Crippen molar-refractivity contribution in [1.29, 1.82) is 0 Å². The van der Waals surface area contributed by atoms with E-state index in [0.717, 1.165) is 32.1 Å². The second kappa shape index (κ2) is 37.2. The summed E-state index contributed by atoms with van der Waals surface area (Å²) < 4.78 is 49.2. The number of unbranched alkanes of at least 4 members (excludes halogenated alkanes) is 13. The van der Waals surface area contributed by atoms with Crippen LogP contribution in [0.25, 0.3) is 0 Å². The Morgan fingerprint density at radius 3 is 1.72 bits per heavy atom. The molecule has 0 aromatic carbocycles. The number of rotatable bonds is 38. The number of phosphoric ester groups is 2. The summed E-state index contributed by atoms with van der Waals surface area (Å²) in [6.07, 6.45) is 22.1. The number of allylic oxidation sites excluding steroid dienone is 8. The second-order valence-electron chi connectivity index (χ2n) is 16.5. The highest BCUT2D eigenvalue weighted by molar-refractivity contribution is 7.47. The summed E-state index contributed by atoms with van der Waals surface area (Å²) >= 11 is 0. The fourth-order valence-electron chi connectivity index (χ4n) is 6.77.